The lowest BCUT2D eigenvalue weighted by Crippen LogP contribution is -1.89. The summed E-state index contributed by atoms with van der Waals surface area (Å²) in [5, 5.41) is 11.9. The van der Waals surface area contributed by atoms with Crippen LogP contribution in [0.4, 0.5) is 11.5 Å². The highest BCUT2D eigenvalue weighted by Gasteiger charge is 2.04. The molecule has 2 aromatic heterocycles. The highest BCUT2D eigenvalue weighted by molar-refractivity contribution is 5.84. The number of rotatable bonds is 3. The molecule has 0 saturated carbocycles. The Hall–Kier alpha value is -3.01. The van der Waals surface area contributed by atoms with Gasteiger partial charge in [0.15, 0.2) is 5.82 Å². The van der Waals surface area contributed by atoms with Crippen molar-refractivity contribution in [2.45, 2.75) is 0 Å². The molecule has 0 aliphatic carbocycles. The third-order valence-electron chi connectivity index (χ3n) is 3.49. The Balaban J connectivity index is 1.61. The zero-order valence-corrected chi connectivity index (χ0v) is 11.3. The Labute approximate surface area is 121 Å². The molecule has 0 amide bonds. The van der Waals surface area contributed by atoms with Crippen LogP contribution in [0.5, 0.6) is 0 Å². The van der Waals surface area contributed by atoms with Crippen LogP contribution in [0.3, 0.4) is 0 Å². The highest BCUT2D eigenvalue weighted by Crippen LogP contribution is 2.23. The maximum Gasteiger partial charge on any atom is 0.152 e. The molecule has 0 atom stereocenters. The number of aromatic amines is 2. The molecule has 0 bridgehead atoms. The van der Waals surface area contributed by atoms with Crippen LogP contribution in [0.25, 0.3) is 22.2 Å². The quantitative estimate of drug-likeness (QED) is 0.521. The number of anilines is 2. The van der Waals surface area contributed by atoms with Crippen molar-refractivity contribution in [2.75, 3.05) is 5.32 Å². The van der Waals surface area contributed by atoms with Crippen LogP contribution in [0.2, 0.25) is 0 Å². The molecule has 0 spiro atoms. The molecule has 102 valence electrons. The van der Waals surface area contributed by atoms with Gasteiger partial charge in [0.25, 0.3) is 0 Å². The van der Waals surface area contributed by atoms with Crippen molar-refractivity contribution >= 4 is 22.4 Å². The van der Waals surface area contributed by atoms with E-state index in [1.165, 1.54) is 5.39 Å². The van der Waals surface area contributed by atoms with E-state index in [0.29, 0.717) is 0 Å². The first-order chi connectivity index (χ1) is 10.4. The smallest absolute Gasteiger partial charge is 0.152 e. The van der Waals surface area contributed by atoms with Gasteiger partial charge in [0.05, 0.1) is 5.69 Å². The van der Waals surface area contributed by atoms with Crippen LogP contribution in [0, 0.1) is 0 Å². The standard InChI is InChI=1S/C17H14N4/c1-2-4-12(5-3-1)16-11-17(21-20-16)19-14-6-7-15-13(10-14)8-9-18-15/h1-11,18H,(H2,19,20,21). The van der Waals surface area contributed by atoms with Crippen LogP contribution in [-0.2, 0) is 0 Å². The number of H-pyrrole nitrogens is 2. The minimum atomic E-state index is 0.809. The molecule has 2 aromatic carbocycles. The van der Waals surface area contributed by atoms with Crippen LogP contribution in [0.15, 0.2) is 66.9 Å². The zero-order chi connectivity index (χ0) is 14.1. The lowest BCUT2D eigenvalue weighted by Gasteiger charge is -2.02. The predicted molar refractivity (Wildman–Crippen MR) is 85.6 cm³/mol. The molecule has 0 aliphatic rings. The van der Waals surface area contributed by atoms with Gasteiger partial charge in [-0.25, -0.2) is 0 Å². The summed E-state index contributed by atoms with van der Waals surface area (Å²) in [6, 6.07) is 20.4. The minimum Gasteiger partial charge on any atom is -0.361 e. The molecule has 2 heterocycles. The molecular formula is C17H14N4. The number of hydrogen-bond donors (Lipinski definition) is 3. The van der Waals surface area contributed by atoms with E-state index in [-0.39, 0.29) is 0 Å². The Bertz CT molecular complexity index is 874. The van der Waals surface area contributed by atoms with Gasteiger partial charge in [0.1, 0.15) is 0 Å². The Kier molecular flexibility index (Phi) is 2.71. The first-order valence-corrected chi connectivity index (χ1v) is 6.83. The van der Waals surface area contributed by atoms with E-state index in [9.17, 15) is 0 Å². The van der Waals surface area contributed by atoms with Crippen LogP contribution in [0.1, 0.15) is 0 Å². The Morgan fingerprint density at radius 3 is 2.71 bits per heavy atom. The van der Waals surface area contributed by atoms with Crippen molar-refractivity contribution in [3.05, 3.63) is 66.9 Å². The molecule has 0 saturated heterocycles. The normalized spacial score (nSPS) is 10.9. The molecule has 4 nitrogen and oxygen atoms in total. The van der Waals surface area contributed by atoms with Gasteiger partial charge in [-0.1, -0.05) is 30.3 Å². The lowest BCUT2D eigenvalue weighted by atomic mass is 10.1. The predicted octanol–water partition coefficient (Wildman–Crippen LogP) is 4.30. The maximum atomic E-state index is 4.31. The van der Waals surface area contributed by atoms with Crippen molar-refractivity contribution in [1.29, 1.82) is 0 Å². The molecule has 4 heteroatoms. The van der Waals surface area contributed by atoms with Crippen molar-refractivity contribution in [2.24, 2.45) is 0 Å². The Morgan fingerprint density at radius 2 is 1.81 bits per heavy atom. The summed E-state index contributed by atoms with van der Waals surface area (Å²) in [6.45, 7) is 0. The Morgan fingerprint density at radius 1 is 0.905 bits per heavy atom. The van der Waals surface area contributed by atoms with E-state index >= 15 is 0 Å². The molecule has 0 aliphatic heterocycles. The summed E-state index contributed by atoms with van der Waals surface area (Å²) in [5.41, 5.74) is 4.28. The fraction of sp³-hybridized carbons (Fsp3) is 0. The second kappa shape index (κ2) is 4.83. The third-order valence-corrected chi connectivity index (χ3v) is 3.49. The van der Waals surface area contributed by atoms with E-state index in [1.807, 2.05) is 36.5 Å². The summed E-state index contributed by atoms with van der Waals surface area (Å²) < 4.78 is 0. The van der Waals surface area contributed by atoms with Gasteiger partial charge in [-0.05, 0) is 29.8 Å². The lowest BCUT2D eigenvalue weighted by molar-refractivity contribution is 1.10. The zero-order valence-electron chi connectivity index (χ0n) is 11.3. The van der Waals surface area contributed by atoms with Crippen LogP contribution >= 0.6 is 0 Å². The average molecular weight is 274 g/mol. The SMILES string of the molecule is c1ccc(-c2cc(Nc3ccc4[nH]ccc4c3)n[nH]2)cc1. The average Bonchev–Trinajstić information content (AvgIpc) is 3.17. The van der Waals surface area contributed by atoms with Gasteiger partial charge >= 0.3 is 0 Å². The van der Waals surface area contributed by atoms with E-state index in [4.69, 9.17) is 0 Å². The molecule has 3 N–H and O–H groups in total. The summed E-state index contributed by atoms with van der Waals surface area (Å²) in [4.78, 5) is 3.19. The van der Waals surface area contributed by atoms with Gasteiger partial charge in [-0.3, -0.25) is 5.10 Å². The third kappa shape index (κ3) is 2.27. The second-order valence-corrected chi connectivity index (χ2v) is 4.94. The number of benzene rings is 2. The second-order valence-electron chi connectivity index (χ2n) is 4.94. The molecule has 4 aromatic rings. The van der Waals surface area contributed by atoms with E-state index in [0.717, 1.165) is 28.3 Å². The number of fused-ring (bicyclic) bond motifs is 1. The maximum absolute atomic E-state index is 4.31. The number of nitrogens with zero attached hydrogens (tertiary/aromatic N) is 1. The fourth-order valence-corrected chi connectivity index (χ4v) is 2.43. The van der Waals surface area contributed by atoms with E-state index in [1.54, 1.807) is 0 Å². The van der Waals surface area contributed by atoms with Crippen molar-refractivity contribution < 1.29 is 0 Å². The summed E-state index contributed by atoms with van der Waals surface area (Å²) in [7, 11) is 0. The number of nitrogens with one attached hydrogen (secondary N) is 3. The van der Waals surface area contributed by atoms with Crippen LogP contribution < -0.4 is 5.32 Å². The molecule has 21 heavy (non-hydrogen) atoms. The van der Waals surface area contributed by atoms with E-state index in [2.05, 4.69) is 50.8 Å². The first-order valence-electron chi connectivity index (χ1n) is 6.83. The first kappa shape index (κ1) is 11.8. The van der Waals surface area contributed by atoms with Gasteiger partial charge in [0, 0.05) is 28.9 Å². The van der Waals surface area contributed by atoms with E-state index < -0.39 is 0 Å². The molecule has 0 fully saturated rings. The summed E-state index contributed by atoms with van der Waals surface area (Å²) in [6.07, 6.45) is 1.94. The van der Waals surface area contributed by atoms with Crippen LogP contribution in [-0.4, -0.2) is 15.2 Å². The van der Waals surface area contributed by atoms with Crippen molar-refractivity contribution in [3.8, 4) is 11.3 Å². The van der Waals surface area contributed by atoms with Gasteiger partial charge in [-0.15, -0.1) is 0 Å². The molecule has 0 unspecified atom stereocenters. The fourth-order valence-electron chi connectivity index (χ4n) is 2.43. The summed E-state index contributed by atoms with van der Waals surface area (Å²) >= 11 is 0. The van der Waals surface area contributed by atoms with Gasteiger partial charge in [-0.2, -0.15) is 5.10 Å². The largest absolute Gasteiger partial charge is 0.361 e. The number of aromatic nitrogens is 3. The molecule has 0 radical (unpaired) electrons. The number of hydrogen-bond acceptors (Lipinski definition) is 2. The minimum absolute atomic E-state index is 0.809. The highest BCUT2D eigenvalue weighted by atomic mass is 15.2. The molecular weight excluding hydrogens is 260 g/mol. The summed E-state index contributed by atoms with van der Waals surface area (Å²) in [5.74, 6) is 0.809. The van der Waals surface area contributed by atoms with Crippen molar-refractivity contribution in [1.82, 2.24) is 15.2 Å². The van der Waals surface area contributed by atoms with Crippen molar-refractivity contribution in [3.63, 3.8) is 0 Å². The van der Waals surface area contributed by atoms with Gasteiger partial charge < -0.3 is 10.3 Å². The molecule has 4 rings (SSSR count). The monoisotopic (exact) mass is 274 g/mol. The topological polar surface area (TPSA) is 56.5 Å². The van der Waals surface area contributed by atoms with Gasteiger partial charge in [0.2, 0.25) is 0 Å².